The zero-order valence-corrected chi connectivity index (χ0v) is 12.9. The van der Waals surface area contributed by atoms with Crippen LogP contribution in [0.3, 0.4) is 0 Å². The molecule has 0 spiro atoms. The van der Waals surface area contributed by atoms with Gasteiger partial charge >= 0.3 is 0 Å². The minimum Gasteiger partial charge on any atom is -0.342 e. The standard InChI is InChI=1S/C16H21NO3S/c18-16(17-11-5-2-6-12-17)14-21(19,20)13-7-10-15-8-3-1-4-9-15/h1,3-4,7-10H,2,5-6,11-14H2/b10-7+. The third kappa shape index (κ3) is 5.34. The quantitative estimate of drug-likeness (QED) is 0.837. The number of carbonyl (C=O) groups is 1. The highest BCUT2D eigenvalue weighted by Crippen LogP contribution is 2.10. The number of amides is 1. The summed E-state index contributed by atoms with van der Waals surface area (Å²) in [6, 6.07) is 9.51. The van der Waals surface area contributed by atoms with Gasteiger partial charge in [0.25, 0.3) is 0 Å². The fourth-order valence-corrected chi connectivity index (χ4v) is 3.44. The average Bonchev–Trinajstić information content (AvgIpc) is 2.48. The molecule has 0 radical (unpaired) electrons. The van der Waals surface area contributed by atoms with Gasteiger partial charge in [-0.25, -0.2) is 8.42 Å². The molecule has 114 valence electrons. The third-order valence-corrected chi connectivity index (χ3v) is 4.90. The van der Waals surface area contributed by atoms with Crippen LogP contribution in [0.15, 0.2) is 36.4 Å². The molecule has 0 N–H and O–H groups in total. The number of hydrogen-bond donors (Lipinski definition) is 0. The van der Waals surface area contributed by atoms with Crippen LogP contribution in [0.4, 0.5) is 0 Å². The van der Waals surface area contributed by atoms with E-state index >= 15 is 0 Å². The Balaban J connectivity index is 1.86. The second-order valence-electron chi connectivity index (χ2n) is 5.31. The molecule has 1 fully saturated rings. The van der Waals surface area contributed by atoms with Crippen LogP contribution < -0.4 is 0 Å². The van der Waals surface area contributed by atoms with Crippen LogP contribution in [0.2, 0.25) is 0 Å². The molecule has 2 rings (SSSR count). The molecule has 0 unspecified atom stereocenters. The Hall–Kier alpha value is -1.62. The number of sulfone groups is 1. The number of nitrogens with zero attached hydrogens (tertiary/aromatic N) is 1. The number of benzene rings is 1. The maximum atomic E-state index is 12.0. The van der Waals surface area contributed by atoms with Crippen molar-refractivity contribution in [1.82, 2.24) is 4.90 Å². The lowest BCUT2D eigenvalue weighted by atomic mass is 10.1. The van der Waals surface area contributed by atoms with Gasteiger partial charge in [-0.3, -0.25) is 4.79 Å². The largest absolute Gasteiger partial charge is 0.342 e. The Labute approximate surface area is 126 Å². The first kappa shape index (κ1) is 15.8. The van der Waals surface area contributed by atoms with Crippen LogP contribution in [0.5, 0.6) is 0 Å². The van der Waals surface area contributed by atoms with Crippen molar-refractivity contribution in [2.24, 2.45) is 0 Å². The topological polar surface area (TPSA) is 54.5 Å². The van der Waals surface area contributed by atoms with E-state index in [1.165, 1.54) is 0 Å². The van der Waals surface area contributed by atoms with Crippen molar-refractivity contribution < 1.29 is 13.2 Å². The molecule has 21 heavy (non-hydrogen) atoms. The van der Waals surface area contributed by atoms with Gasteiger partial charge in [-0.15, -0.1) is 0 Å². The number of likely N-dealkylation sites (tertiary alicyclic amines) is 1. The minimum absolute atomic E-state index is 0.0958. The van der Waals surface area contributed by atoms with Gasteiger partial charge in [0, 0.05) is 13.1 Å². The van der Waals surface area contributed by atoms with Gasteiger partial charge in [0.05, 0.1) is 5.75 Å². The van der Waals surface area contributed by atoms with Crippen molar-refractivity contribution in [1.29, 1.82) is 0 Å². The number of carbonyl (C=O) groups excluding carboxylic acids is 1. The molecule has 0 atom stereocenters. The van der Waals surface area contributed by atoms with E-state index in [0.29, 0.717) is 13.1 Å². The molecule has 0 aliphatic carbocycles. The fourth-order valence-electron chi connectivity index (χ4n) is 2.38. The molecule has 1 heterocycles. The summed E-state index contributed by atoms with van der Waals surface area (Å²) < 4.78 is 24.0. The molecule has 0 saturated carbocycles. The zero-order valence-electron chi connectivity index (χ0n) is 12.1. The van der Waals surface area contributed by atoms with Crippen LogP contribution in [0.1, 0.15) is 24.8 Å². The summed E-state index contributed by atoms with van der Waals surface area (Å²) in [6.45, 7) is 1.38. The normalized spacial score (nSPS) is 16.3. The maximum absolute atomic E-state index is 12.0. The first-order valence-electron chi connectivity index (χ1n) is 7.27. The molecule has 1 aliphatic heterocycles. The van der Waals surface area contributed by atoms with Gasteiger partial charge in [0.2, 0.25) is 5.91 Å². The smallest absolute Gasteiger partial charge is 0.237 e. The molecule has 5 heteroatoms. The maximum Gasteiger partial charge on any atom is 0.237 e. The van der Waals surface area contributed by atoms with Gasteiger partial charge in [0.1, 0.15) is 5.75 Å². The second-order valence-corrected chi connectivity index (χ2v) is 7.42. The van der Waals surface area contributed by atoms with Crippen LogP contribution in [-0.2, 0) is 14.6 Å². The molecule has 4 nitrogen and oxygen atoms in total. The number of rotatable bonds is 5. The molecular formula is C16H21NO3S. The molecule has 1 aromatic carbocycles. The lowest BCUT2D eigenvalue weighted by Gasteiger charge is -2.26. The van der Waals surface area contributed by atoms with Crippen molar-refractivity contribution in [3.05, 3.63) is 42.0 Å². The summed E-state index contributed by atoms with van der Waals surface area (Å²) in [5.41, 5.74) is 0.954. The number of hydrogen-bond acceptors (Lipinski definition) is 3. The zero-order chi connectivity index (χ0) is 15.1. The molecule has 1 amide bonds. The van der Waals surface area contributed by atoms with Crippen molar-refractivity contribution >= 4 is 21.8 Å². The molecule has 0 aromatic heterocycles. The van der Waals surface area contributed by atoms with Crippen molar-refractivity contribution in [2.75, 3.05) is 24.6 Å². The third-order valence-electron chi connectivity index (χ3n) is 3.51. The van der Waals surface area contributed by atoms with Crippen LogP contribution in [0.25, 0.3) is 6.08 Å². The minimum atomic E-state index is -3.38. The summed E-state index contributed by atoms with van der Waals surface area (Å²) in [5, 5.41) is 0. The lowest BCUT2D eigenvalue weighted by Crippen LogP contribution is -2.39. The highest BCUT2D eigenvalue weighted by molar-refractivity contribution is 7.92. The van der Waals surface area contributed by atoms with Crippen molar-refractivity contribution in [3.8, 4) is 0 Å². The van der Waals surface area contributed by atoms with Gasteiger partial charge in [-0.05, 0) is 24.8 Å². The Morgan fingerprint density at radius 3 is 2.43 bits per heavy atom. The van der Waals surface area contributed by atoms with Crippen LogP contribution in [0, 0.1) is 0 Å². The first-order valence-corrected chi connectivity index (χ1v) is 9.09. The highest BCUT2D eigenvalue weighted by Gasteiger charge is 2.22. The summed E-state index contributed by atoms with van der Waals surface area (Å²) >= 11 is 0. The van der Waals surface area contributed by atoms with Crippen LogP contribution >= 0.6 is 0 Å². The van der Waals surface area contributed by atoms with Gasteiger partial charge < -0.3 is 4.90 Å². The van der Waals surface area contributed by atoms with Gasteiger partial charge in [0.15, 0.2) is 9.84 Å². The molecule has 1 aliphatic rings. The average molecular weight is 307 g/mol. The van der Waals surface area contributed by atoms with E-state index in [0.717, 1.165) is 24.8 Å². The summed E-state index contributed by atoms with van der Waals surface area (Å²) in [4.78, 5) is 13.6. The predicted molar refractivity (Wildman–Crippen MR) is 84.6 cm³/mol. The van der Waals surface area contributed by atoms with E-state index in [9.17, 15) is 13.2 Å². The van der Waals surface area contributed by atoms with Gasteiger partial charge in [-0.2, -0.15) is 0 Å². The fraction of sp³-hybridized carbons (Fsp3) is 0.438. The summed E-state index contributed by atoms with van der Waals surface area (Å²) in [7, 11) is -3.38. The lowest BCUT2D eigenvalue weighted by molar-refractivity contribution is -0.129. The molecule has 0 bridgehead atoms. The first-order chi connectivity index (χ1) is 10.1. The Morgan fingerprint density at radius 1 is 1.10 bits per heavy atom. The SMILES string of the molecule is O=C(CS(=O)(=O)C/C=C/c1ccccc1)N1CCCCC1. The molecule has 1 aromatic rings. The summed E-state index contributed by atoms with van der Waals surface area (Å²) in [6.07, 6.45) is 6.44. The second kappa shape index (κ2) is 7.41. The number of piperidine rings is 1. The summed E-state index contributed by atoms with van der Waals surface area (Å²) in [5.74, 6) is -0.740. The highest BCUT2D eigenvalue weighted by atomic mass is 32.2. The van der Waals surface area contributed by atoms with E-state index in [1.807, 2.05) is 30.3 Å². The molecule has 1 saturated heterocycles. The van der Waals surface area contributed by atoms with E-state index in [-0.39, 0.29) is 17.4 Å². The Morgan fingerprint density at radius 2 is 1.76 bits per heavy atom. The van der Waals surface area contributed by atoms with E-state index in [4.69, 9.17) is 0 Å². The van der Waals surface area contributed by atoms with E-state index < -0.39 is 9.84 Å². The van der Waals surface area contributed by atoms with Crippen molar-refractivity contribution in [3.63, 3.8) is 0 Å². The molecular weight excluding hydrogens is 286 g/mol. The Kier molecular flexibility index (Phi) is 5.56. The van der Waals surface area contributed by atoms with Crippen LogP contribution in [-0.4, -0.2) is 43.8 Å². The Bertz CT molecular complexity index is 587. The van der Waals surface area contributed by atoms with E-state index in [1.54, 1.807) is 17.1 Å². The van der Waals surface area contributed by atoms with E-state index in [2.05, 4.69) is 0 Å². The monoisotopic (exact) mass is 307 g/mol. The predicted octanol–water partition coefficient (Wildman–Crippen LogP) is 2.13. The van der Waals surface area contributed by atoms with Crippen molar-refractivity contribution in [2.45, 2.75) is 19.3 Å². The van der Waals surface area contributed by atoms with Gasteiger partial charge in [-0.1, -0.05) is 42.5 Å².